The summed E-state index contributed by atoms with van der Waals surface area (Å²) in [4.78, 5) is 18.8. The molecule has 0 aliphatic heterocycles. The molecule has 3 N–H and O–H groups in total. The number of nitrogens with one attached hydrogen (secondary N) is 2. The molecule has 23 heavy (non-hydrogen) atoms. The third kappa shape index (κ3) is 4.60. The van der Waals surface area contributed by atoms with Gasteiger partial charge in [-0.15, -0.1) is 0 Å². The number of nitro benzene ring substituents is 1. The number of nitro groups is 1. The second-order valence-electron chi connectivity index (χ2n) is 4.75. The van der Waals surface area contributed by atoms with Gasteiger partial charge in [0.2, 0.25) is 5.95 Å². The molecule has 1 heterocycles. The number of rotatable bonds is 7. The lowest BCUT2D eigenvalue weighted by Gasteiger charge is -2.16. The van der Waals surface area contributed by atoms with E-state index < -0.39 is 4.92 Å². The molecule has 1 aromatic carbocycles. The fourth-order valence-electron chi connectivity index (χ4n) is 1.83. The summed E-state index contributed by atoms with van der Waals surface area (Å²) in [6.45, 7) is 1.94. The minimum Gasteiger partial charge on any atom is -0.394 e. The first kappa shape index (κ1) is 17.1. The van der Waals surface area contributed by atoms with Crippen LogP contribution in [0.2, 0.25) is 0 Å². The van der Waals surface area contributed by atoms with Crippen molar-refractivity contribution < 1.29 is 10.0 Å². The van der Waals surface area contributed by atoms with E-state index in [-0.39, 0.29) is 18.3 Å². The van der Waals surface area contributed by atoms with Crippen molar-refractivity contribution in [3.8, 4) is 0 Å². The molecule has 1 aromatic heterocycles. The Balaban J connectivity index is 2.20. The highest BCUT2D eigenvalue weighted by Crippen LogP contribution is 2.24. The number of anilines is 3. The monoisotopic (exact) mass is 381 g/mol. The van der Waals surface area contributed by atoms with E-state index in [1.807, 2.05) is 6.92 Å². The van der Waals surface area contributed by atoms with Crippen LogP contribution in [0.4, 0.5) is 23.1 Å². The highest BCUT2D eigenvalue weighted by atomic mass is 79.9. The van der Waals surface area contributed by atoms with Crippen LogP contribution in [0.25, 0.3) is 0 Å². The van der Waals surface area contributed by atoms with Crippen LogP contribution in [0, 0.1) is 10.1 Å². The highest BCUT2D eigenvalue weighted by Gasteiger charge is 2.11. The van der Waals surface area contributed by atoms with Crippen molar-refractivity contribution >= 4 is 39.1 Å². The Morgan fingerprint density at radius 2 is 2.26 bits per heavy atom. The zero-order chi connectivity index (χ0) is 16.8. The molecule has 0 saturated carbocycles. The fraction of sp³-hybridized carbons (Fsp3) is 0.286. The molecular formula is C14H16BrN5O3. The molecule has 0 aliphatic rings. The first-order valence-corrected chi connectivity index (χ1v) is 7.74. The number of nitrogens with zero attached hydrogens (tertiary/aromatic N) is 3. The van der Waals surface area contributed by atoms with E-state index in [0.717, 1.165) is 6.42 Å². The van der Waals surface area contributed by atoms with E-state index in [0.29, 0.717) is 21.9 Å². The smallest absolute Gasteiger partial charge is 0.271 e. The van der Waals surface area contributed by atoms with Crippen molar-refractivity contribution in [1.29, 1.82) is 0 Å². The molecule has 0 radical (unpaired) electrons. The van der Waals surface area contributed by atoms with Crippen LogP contribution in [-0.2, 0) is 0 Å². The molecule has 2 aromatic rings. The molecule has 0 fully saturated rings. The summed E-state index contributed by atoms with van der Waals surface area (Å²) < 4.78 is 0.661. The Labute approximate surface area is 141 Å². The van der Waals surface area contributed by atoms with Gasteiger partial charge in [0, 0.05) is 24.0 Å². The third-order valence-corrected chi connectivity index (χ3v) is 3.69. The van der Waals surface area contributed by atoms with Crippen LogP contribution < -0.4 is 10.6 Å². The molecule has 0 spiro atoms. The molecule has 0 bridgehead atoms. The lowest BCUT2D eigenvalue weighted by molar-refractivity contribution is -0.384. The van der Waals surface area contributed by atoms with Crippen LogP contribution in [0.15, 0.2) is 34.9 Å². The first-order valence-electron chi connectivity index (χ1n) is 6.95. The summed E-state index contributed by atoms with van der Waals surface area (Å²) in [5.74, 6) is 0.831. The summed E-state index contributed by atoms with van der Waals surface area (Å²) in [6, 6.07) is 5.96. The van der Waals surface area contributed by atoms with Gasteiger partial charge in [-0.1, -0.05) is 13.0 Å². The van der Waals surface area contributed by atoms with E-state index in [2.05, 4.69) is 36.5 Å². The molecule has 2 rings (SSSR count). The van der Waals surface area contributed by atoms with Crippen LogP contribution in [-0.4, -0.2) is 32.6 Å². The maximum absolute atomic E-state index is 10.8. The average Bonchev–Trinajstić information content (AvgIpc) is 2.55. The summed E-state index contributed by atoms with van der Waals surface area (Å²) in [5, 5.41) is 26.1. The predicted octanol–water partition coefficient (Wildman–Crippen LogP) is 3.07. The average molecular weight is 382 g/mol. The zero-order valence-corrected chi connectivity index (χ0v) is 13.9. The van der Waals surface area contributed by atoms with E-state index in [1.165, 1.54) is 12.1 Å². The van der Waals surface area contributed by atoms with Crippen LogP contribution in [0.5, 0.6) is 0 Å². The number of non-ortho nitro benzene ring substituents is 1. The zero-order valence-electron chi connectivity index (χ0n) is 12.4. The van der Waals surface area contributed by atoms with Gasteiger partial charge in [0.15, 0.2) is 0 Å². The van der Waals surface area contributed by atoms with E-state index >= 15 is 0 Å². The molecule has 9 heteroatoms. The lowest BCUT2D eigenvalue weighted by Crippen LogP contribution is -2.23. The minimum absolute atomic E-state index is 0.0133. The van der Waals surface area contributed by atoms with Gasteiger partial charge in [0.05, 0.1) is 22.0 Å². The number of aliphatic hydroxyl groups is 1. The van der Waals surface area contributed by atoms with Crippen molar-refractivity contribution in [3.63, 3.8) is 0 Å². The largest absolute Gasteiger partial charge is 0.394 e. The maximum Gasteiger partial charge on any atom is 0.271 e. The van der Waals surface area contributed by atoms with Gasteiger partial charge < -0.3 is 15.7 Å². The van der Waals surface area contributed by atoms with Gasteiger partial charge in [-0.3, -0.25) is 10.1 Å². The second kappa shape index (κ2) is 7.84. The Morgan fingerprint density at radius 1 is 1.48 bits per heavy atom. The summed E-state index contributed by atoms with van der Waals surface area (Å²) >= 11 is 3.35. The van der Waals surface area contributed by atoms with Gasteiger partial charge in [-0.25, -0.2) is 4.98 Å². The molecule has 8 nitrogen and oxygen atoms in total. The first-order chi connectivity index (χ1) is 11.0. The van der Waals surface area contributed by atoms with Crippen LogP contribution >= 0.6 is 15.9 Å². The van der Waals surface area contributed by atoms with Crippen molar-refractivity contribution in [2.45, 2.75) is 19.4 Å². The quantitative estimate of drug-likeness (QED) is 0.498. The minimum atomic E-state index is -0.465. The molecule has 0 amide bonds. The Bertz CT molecular complexity index is 694. The highest BCUT2D eigenvalue weighted by molar-refractivity contribution is 9.10. The standard InChI is InChI=1S/C14H16BrN5O3/c1-2-9(8-21)17-13-12(15)7-16-14(19-13)18-10-4-3-5-11(6-10)20(22)23/h3-7,9,21H,2,8H2,1H3,(H2,16,17,18,19)/t9-/m1/s1. The van der Waals surface area contributed by atoms with Crippen molar-refractivity contribution in [2.24, 2.45) is 0 Å². The number of aliphatic hydroxyl groups excluding tert-OH is 1. The van der Waals surface area contributed by atoms with Gasteiger partial charge in [0.1, 0.15) is 5.82 Å². The molecule has 1 atom stereocenters. The van der Waals surface area contributed by atoms with Gasteiger partial charge in [-0.05, 0) is 28.4 Å². The second-order valence-corrected chi connectivity index (χ2v) is 5.61. The fourth-order valence-corrected chi connectivity index (χ4v) is 2.13. The Morgan fingerprint density at radius 3 is 2.91 bits per heavy atom. The van der Waals surface area contributed by atoms with Gasteiger partial charge in [0.25, 0.3) is 5.69 Å². The van der Waals surface area contributed by atoms with Crippen molar-refractivity contribution in [2.75, 3.05) is 17.2 Å². The third-order valence-electron chi connectivity index (χ3n) is 3.11. The SMILES string of the molecule is CC[C@H](CO)Nc1nc(Nc2cccc([N+](=O)[O-])c2)ncc1Br. The number of benzene rings is 1. The summed E-state index contributed by atoms with van der Waals surface area (Å²) in [7, 11) is 0. The molecule has 0 saturated heterocycles. The van der Waals surface area contributed by atoms with E-state index in [9.17, 15) is 15.2 Å². The Kier molecular flexibility index (Phi) is 5.83. The van der Waals surface area contributed by atoms with Gasteiger partial charge in [-0.2, -0.15) is 4.98 Å². The van der Waals surface area contributed by atoms with Crippen LogP contribution in [0.3, 0.4) is 0 Å². The number of halogens is 1. The van der Waals surface area contributed by atoms with E-state index in [4.69, 9.17) is 0 Å². The molecule has 0 aliphatic carbocycles. The number of hydrogen-bond donors (Lipinski definition) is 3. The summed E-state index contributed by atoms with van der Waals surface area (Å²) in [6.07, 6.45) is 2.31. The number of aromatic nitrogens is 2. The summed E-state index contributed by atoms with van der Waals surface area (Å²) in [5.41, 5.74) is 0.499. The van der Waals surface area contributed by atoms with Gasteiger partial charge >= 0.3 is 0 Å². The number of hydrogen-bond acceptors (Lipinski definition) is 7. The van der Waals surface area contributed by atoms with Crippen LogP contribution in [0.1, 0.15) is 13.3 Å². The van der Waals surface area contributed by atoms with E-state index in [1.54, 1.807) is 18.3 Å². The predicted molar refractivity (Wildman–Crippen MR) is 90.9 cm³/mol. The van der Waals surface area contributed by atoms with Crippen molar-refractivity contribution in [1.82, 2.24) is 9.97 Å². The molecule has 0 unspecified atom stereocenters. The van der Waals surface area contributed by atoms with Crippen molar-refractivity contribution in [3.05, 3.63) is 45.0 Å². The maximum atomic E-state index is 10.8. The lowest BCUT2D eigenvalue weighted by atomic mass is 10.2. The topological polar surface area (TPSA) is 113 Å². The Hall–Kier alpha value is -2.26. The normalized spacial score (nSPS) is 11.8. The molecule has 122 valence electrons. The molecular weight excluding hydrogens is 366 g/mol.